The highest BCUT2D eigenvalue weighted by atomic mass is 16.5. The van der Waals surface area contributed by atoms with Crippen LogP contribution in [0.4, 0.5) is 5.69 Å². The number of hydrogen-bond acceptors (Lipinski definition) is 4. The van der Waals surface area contributed by atoms with Crippen LogP contribution in [0.25, 0.3) is 5.57 Å². The molecule has 0 saturated carbocycles. The van der Waals surface area contributed by atoms with Crippen LogP contribution in [0.3, 0.4) is 0 Å². The molecule has 1 heterocycles. The monoisotopic (exact) mass is 378 g/mol. The first-order valence-corrected chi connectivity index (χ1v) is 9.58. The number of anilines is 1. The molecule has 0 aromatic heterocycles. The third kappa shape index (κ3) is 4.49. The Morgan fingerprint density at radius 2 is 1.64 bits per heavy atom. The third-order valence-electron chi connectivity index (χ3n) is 4.53. The quantitative estimate of drug-likeness (QED) is 0.557. The molecule has 146 valence electrons. The van der Waals surface area contributed by atoms with Crippen LogP contribution < -0.4 is 5.32 Å². The topological polar surface area (TPSA) is 58.6 Å². The summed E-state index contributed by atoms with van der Waals surface area (Å²) in [5.41, 5.74) is 3.38. The molecular formula is C23H26N2O3. The van der Waals surface area contributed by atoms with Crippen LogP contribution in [0.2, 0.25) is 0 Å². The molecule has 0 atom stereocenters. The van der Waals surface area contributed by atoms with Gasteiger partial charge in [0.15, 0.2) is 0 Å². The Morgan fingerprint density at radius 1 is 0.964 bits per heavy atom. The van der Waals surface area contributed by atoms with Crippen molar-refractivity contribution >= 4 is 23.1 Å². The predicted octanol–water partition coefficient (Wildman–Crippen LogP) is 4.00. The number of carbonyl (C=O) groups excluding carboxylic acids is 2. The van der Waals surface area contributed by atoms with Gasteiger partial charge >= 0.3 is 0 Å². The summed E-state index contributed by atoms with van der Waals surface area (Å²) >= 11 is 0. The second kappa shape index (κ2) is 8.85. The van der Waals surface area contributed by atoms with E-state index in [4.69, 9.17) is 4.74 Å². The van der Waals surface area contributed by atoms with Gasteiger partial charge in [-0.2, -0.15) is 0 Å². The zero-order valence-corrected chi connectivity index (χ0v) is 16.6. The van der Waals surface area contributed by atoms with Crippen molar-refractivity contribution in [1.82, 2.24) is 4.90 Å². The van der Waals surface area contributed by atoms with E-state index in [1.54, 1.807) is 0 Å². The fourth-order valence-corrected chi connectivity index (χ4v) is 3.09. The normalized spacial score (nSPS) is 14.4. The maximum absolute atomic E-state index is 13.1. The van der Waals surface area contributed by atoms with Gasteiger partial charge in [0.25, 0.3) is 11.8 Å². The standard InChI is InChI=1S/C23H26N2O3/c1-16(2)28-15-7-14-25-22(26)20(18-8-5-4-6-9-18)21(23(25)27)24-19-12-10-17(3)11-13-19/h4-6,8-13,16,24H,7,14-15H2,1-3H3. The summed E-state index contributed by atoms with van der Waals surface area (Å²) in [4.78, 5) is 27.4. The molecule has 0 fully saturated rings. The van der Waals surface area contributed by atoms with E-state index in [1.807, 2.05) is 75.4 Å². The van der Waals surface area contributed by atoms with Crippen molar-refractivity contribution < 1.29 is 14.3 Å². The SMILES string of the molecule is Cc1ccc(NC2=C(c3ccccc3)C(=O)N(CCCOC(C)C)C2=O)cc1. The number of benzene rings is 2. The van der Waals surface area contributed by atoms with Gasteiger partial charge in [0, 0.05) is 18.8 Å². The molecule has 1 N–H and O–H groups in total. The Hall–Kier alpha value is -2.92. The van der Waals surface area contributed by atoms with Crippen LogP contribution in [0.5, 0.6) is 0 Å². The van der Waals surface area contributed by atoms with Gasteiger partial charge in [-0.3, -0.25) is 14.5 Å². The number of aryl methyl sites for hydroxylation is 1. The second-order valence-corrected chi connectivity index (χ2v) is 7.14. The van der Waals surface area contributed by atoms with Crippen molar-refractivity contribution in [2.75, 3.05) is 18.5 Å². The molecule has 2 amide bonds. The lowest BCUT2D eigenvalue weighted by atomic mass is 10.0. The summed E-state index contributed by atoms with van der Waals surface area (Å²) in [6, 6.07) is 17.1. The molecule has 28 heavy (non-hydrogen) atoms. The van der Waals surface area contributed by atoms with E-state index in [0.717, 1.165) is 16.8 Å². The Labute approximate surface area is 166 Å². The molecule has 5 nitrogen and oxygen atoms in total. The molecule has 2 aromatic rings. The van der Waals surface area contributed by atoms with Crippen molar-refractivity contribution in [1.29, 1.82) is 0 Å². The number of ether oxygens (including phenoxy) is 1. The summed E-state index contributed by atoms with van der Waals surface area (Å²) in [6.45, 7) is 6.77. The number of rotatable bonds is 8. The summed E-state index contributed by atoms with van der Waals surface area (Å²) in [7, 11) is 0. The molecule has 0 saturated heterocycles. The Morgan fingerprint density at radius 3 is 2.29 bits per heavy atom. The van der Waals surface area contributed by atoms with E-state index in [-0.39, 0.29) is 17.9 Å². The van der Waals surface area contributed by atoms with Gasteiger partial charge in [-0.25, -0.2) is 0 Å². The first-order valence-electron chi connectivity index (χ1n) is 9.58. The minimum atomic E-state index is -0.297. The molecule has 0 spiro atoms. The number of carbonyl (C=O) groups is 2. The lowest BCUT2D eigenvalue weighted by Crippen LogP contribution is -2.34. The highest BCUT2D eigenvalue weighted by Gasteiger charge is 2.38. The maximum Gasteiger partial charge on any atom is 0.278 e. The maximum atomic E-state index is 13.1. The van der Waals surface area contributed by atoms with Crippen molar-refractivity contribution in [3.8, 4) is 0 Å². The van der Waals surface area contributed by atoms with Crippen LogP contribution in [-0.2, 0) is 14.3 Å². The highest BCUT2D eigenvalue weighted by Crippen LogP contribution is 2.30. The molecular weight excluding hydrogens is 352 g/mol. The molecule has 0 radical (unpaired) electrons. The van der Waals surface area contributed by atoms with E-state index in [1.165, 1.54) is 4.90 Å². The summed E-state index contributed by atoms with van der Waals surface area (Å²) in [5.74, 6) is -0.565. The summed E-state index contributed by atoms with van der Waals surface area (Å²) < 4.78 is 5.54. The molecule has 1 aliphatic rings. The highest BCUT2D eigenvalue weighted by molar-refractivity contribution is 6.36. The van der Waals surface area contributed by atoms with Crippen LogP contribution in [0.1, 0.15) is 31.4 Å². The molecule has 0 bridgehead atoms. The fraction of sp³-hybridized carbons (Fsp3) is 0.304. The van der Waals surface area contributed by atoms with Gasteiger partial charge in [0.2, 0.25) is 0 Å². The number of hydrogen-bond donors (Lipinski definition) is 1. The van der Waals surface area contributed by atoms with E-state index < -0.39 is 0 Å². The second-order valence-electron chi connectivity index (χ2n) is 7.14. The zero-order valence-electron chi connectivity index (χ0n) is 16.6. The number of nitrogens with zero attached hydrogens (tertiary/aromatic N) is 1. The Kier molecular flexibility index (Phi) is 6.26. The largest absolute Gasteiger partial charge is 0.379 e. The lowest BCUT2D eigenvalue weighted by molar-refractivity contribution is -0.137. The minimum absolute atomic E-state index is 0.127. The van der Waals surface area contributed by atoms with Gasteiger partial charge in [0.1, 0.15) is 5.70 Å². The van der Waals surface area contributed by atoms with E-state index in [2.05, 4.69) is 5.32 Å². The van der Waals surface area contributed by atoms with Crippen molar-refractivity contribution in [3.63, 3.8) is 0 Å². The van der Waals surface area contributed by atoms with Gasteiger partial charge in [-0.15, -0.1) is 0 Å². The van der Waals surface area contributed by atoms with Crippen molar-refractivity contribution in [2.45, 2.75) is 33.3 Å². The Balaban J connectivity index is 1.86. The van der Waals surface area contributed by atoms with Crippen LogP contribution >= 0.6 is 0 Å². The van der Waals surface area contributed by atoms with E-state index in [0.29, 0.717) is 30.8 Å². The molecule has 1 aliphatic heterocycles. The van der Waals surface area contributed by atoms with Gasteiger partial charge < -0.3 is 10.1 Å². The number of imide groups is 1. The van der Waals surface area contributed by atoms with Gasteiger partial charge in [-0.1, -0.05) is 48.0 Å². The van der Waals surface area contributed by atoms with Gasteiger partial charge in [-0.05, 0) is 44.9 Å². The first kappa shape index (κ1) is 19.8. The lowest BCUT2D eigenvalue weighted by Gasteiger charge is -2.16. The average Bonchev–Trinajstić information content (AvgIpc) is 2.91. The smallest absolute Gasteiger partial charge is 0.278 e. The zero-order chi connectivity index (χ0) is 20.1. The van der Waals surface area contributed by atoms with Crippen molar-refractivity contribution in [2.24, 2.45) is 0 Å². The summed E-state index contributed by atoms with van der Waals surface area (Å²) in [6.07, 6.45) is 0.733. The number of amides is 2. The summed E-state index contributed by atoms with van der Waals surface area (Å²) in [5, 5.41) is 3.17. The minimum Gasteiger partial charge on any atom is -0.379 e. The third-order valence-corrected chi connectivity index (χ3v) is 4.53. The molecule has 2 aromatic carbocycles. The average molecular weight is 378 g/mol. The predicted molar refractivity (Wildman–Crippen MR) is 111 cm³/mol. The van der Waals surface area contributed by atoms with Gasteiger partial charge in [0.05, 0.1) is 11.7 Å². The first-order chi connectivity index (χ1) is 13.5. The van der Waals surface area contributed by atoms with Crippen LogP contribution in [0.15, 0.2) is 60.3 Å². The number of nitrogens with one attached hydrogen (secondary N) is 1. The Bertz CT molecular complexity index is 870. The van der Waals surface area contributed by atoms with E-state index >= 15 is 0 Å². The van der Waals surface area contributed by atoms with Crippen LogP contribution in [-0.4, -0.2) is 36.0 Å². The molecule has 3 rings (SSSR count). The molecule has 0 unspecified atom stereocenters. The van der Waals surface area contributed by atoms with E-state index in [9.17, 15) is 9.59 Å². The molecule has 5 heteroatoms. The molecule has 0 aliphatic carbocycles. The van der Waals surface area contributed by atoms with Crippen molar-refractivity contribution in [3.05, 3.63) is 71.4 Å². The fourth-order valence-electron chi connectivity index (χ4n) is 3.09. The van der Waals surface area contributed by atoms with Crippen LogP contribution in [0, 0.1) is 6.92 Å².